The summed E-state index contributed by atoms with van der Waals surface area (Å²) in [6.07, 6.45) is -3.46. The van der Waals surface area contributed by atoms with E-state index in [9.17, 15) is 35.2 Å². The lowest BCUT2D eigenvalue weighted by Gasteiger charge is -2.09. The van der Waals surface area contributed by atoms with Crippen molar-refractivity contribution in [3.63, 3.8) is 0 Å². The van der Waals surface area contributed by atoms with E-state index < -0.39 is 39.2 Å². The fourth-order valence-electron chi connectivity index (χ4n) is 1.80. The first kappa shape index (κ1) is 20.6. The van der Waals surface area contributed by atoms with Crippen LogP contribution in [0.3, 0.4) is 0 Å². The van der Waals surface area contributed by atoms with E-state index >= 15 is 0 Å². The molecule has 0 spiro atoms. The third kappa shape index (κ3) is 5.61. The summed E-state index contributed by atoms with van der Waals surface area (Å²) in [4.78, 5) is 15.0. The Morgan fingerprint density at radius 2 is 1.74 bits per heavy atom. The SMILES string of the molecule is O=C(Nc1ccc(OCC(F)(F)F)nc1)c1ccc(S(=O)(=O)C(F)F)cc1. The highest BCUT2D eigenvalue weighted by molar-refractivity contribution is 7.91. The maximum Gasteiger partial charge on any atom is 0.422 e. The molecule has 1 aromatic heterocycles. The lowest BCUT2D eigenvalue weighted by molar-refractivity contribution is -0.154. The molecule has 0 fully saturated rings. The van der Waals surface area contributed by atoms with Crippen LogP contribution in [0.15, 0.2) is 47.5 Å². The number of hydrogen-bond acceptors (Lipinski definition) is 5. The summed E-state index contributed by atoms with van der Waals surface area (Å²) in [6.45, 7) is -1.51. The first-order chi connectivity index (χ1) is 12.5. The molecule has 0 aliphatic rings. The van der Waals surface area contributed by atoms with E-state index in [1.807, 2.05) is 0 Å². The Morgan fingerprint density at radius 3 is 2.22 bits per heavy atom. The standard InChI is InChI=1S/C15H11F5N2O4S/c16-14(17)27(24,25)11-4-1-9(2-5-11)13(23)22-10-3-6-12(21-7-10)26-8-15(18,19)20/h1-7,14H,8H2,(H,22,23). The molecule has 2 rings (SSSR count). The Hall–Kier alpha value is -2.76. The first-order valence-corrected chi connectivity index (χ1v) is 8.63. The number of carbonyl (C=O) groups is 1. The number of aromatic nitrogens is 1. The summed E-state index contributed by atoms with van der Waals surface area (Å²) >= 11 is 0. The predicted molar refractivity (Wildman–Crippen MR) is 83.4 cm³/mol. The molecule has 1 aromatic carbocycles. The van der Waals surface area contributed by atoms with Gasteiger partial charge in [0.25, 0.3) is 5.91 Å². The van der Waals surface area contributed by atoms with Crippen molar-refractivity contribution in [2.75, 3.05) is 11.9 Å². The average molecular weight is 410 g/mol. The van der Waals surface area contributed by atoms with Gasteiger partial charge >= 0.3 is 11.9 Å². The van der Waals surface area contributed by atoms with Crippen LogP contribution < -0.4 is 10.1 Å². The quantitative estimate of drug-likeness (QED) is 0.739. The minimum atomic E-state index is -4.77. The molecular weight excluding hydrogens is 399 g/mol. The largest absolute Gasteiger partial charge is 0.468 e. The van der Waals surface area contributed by atoms with Crippen molar-refractivity contribution in [1.29, 1.82) is 0 Å². The maximum absolute atomic E-state index is 12.5. The molecule has 6 nitrogen and oxygen atoms in total. The number of halogens is 5. The molecule has 12 heteroatoms. The van der Waals surface area contributed by atoms with Gasteiger partial charge in [0, 0.05) is 11.6 Å². The molecule has 0 radical (unpaired) electrons. The molecule has 0 saturated heterocycles. The van der Waals surface area contributed by atoms with E-state index in [4.69, 9.17) is 0 Å². The number of hydrogen-bond donors (Lipinski definition) is 1. The van der Waals surface area contributed by atoms with Crippen molar-refractivity contribution >= 4 is 21.4 Å². The number of alkyl halides is 5. The lowest BCUT2D eigenvalue weighted by Crippen LogP contribution is -2.19. The van der Waals surface area contributed by atoms with Crippen LogP contribution in [0.4, 0.5) is 27.6 Å². The average Bonchev–Trinajstić information content (AvgIpc) is 2.60. The summed E-state index contributed by atoms with van der Waals surface area (Å²) < 4.78 is 88.0. The number of rotatable bonds is 6. The van der Waals surface area contributed by atoms with Crippen molar-refractivity contribution in [2.24, 2.45) is 0 Å². The molecule has 1 heterocycles. The van der Waals surface area contributed by atoms with Crippen molar-refractivity contribution in [2.45, 2.75) is 16.8 Å². The van der Waals surface area contributed by atoms with E-state index in [2.05, 4.69) is 15.0 Å². The summed E-state index contributed by atoms with van der Waals surface area (Å²) in [5.41, 5.74) is 0.101. The Balaban J connectivity index is 2.03. The molecule has 1 N–H and O–H groups in total. The van der Waals surface area contributed by atoms with Crippen molar-refractivity contribution in [1.82, 2.24) is 4.98 Å². The van der Waals surface area contributed by atoms with E-state index in [-0.39, 0.29) is 17.1 Å². The van der Waals surface area contributed by atoms with Crippen LogP contribution in [0.2, 0.25) is 0 Å². The van der Waals surface area contributed by atoms with Crippen LogP contribution >= 0.6 is 0 Å². The topological polar surface area (TPSA) is 85.4 Å². The summed E-state index contributed by atoms with van der Waals surface area (Å²) in [6, 6.07) is 6.16. The fraction of sp³-hybridized carbons (Fsp3) is 0.200. The molecule has 0 bridgehead atoms. The van der Waals surface area contributed by atoms with Crippen LogP contribution in [0.1, 0.15) is 10.4 Å². The zero-order valence-electron chi connectivity index (χ0n) is 13.2. The number of pyridine rings is 1. The molecule has 0 unspecified atom stereocenters. The van der Waals surface area contributed by atoms with Gasteiger partial charge in [0.2, 0.25) is 15.7 Å². The number of benzene rings is 1. The molecule has 0 aliphatic carbocycles. The minimum absolute atomic E-state index is 0.0272. The lowest BCUT2D eigenvalue weighted by atomic mass is 10.2. The van der Waals surface area contributed by atoms with E-state index in [0.29, 0.717) is 0 Å². The predicted octanol–water partition coefficient (Wildman–Crippen LogP) is 3.27. The molecular formula is C15H11F5N2O4S. The number of amides is 1. The van der Waals surface area contributed by atoms with Gasteiger partial charge in [-0.05, 0) is 30.3 Å². The summed E-state index contributed by atoms with van der Waals surface area (Å²) in [7, 11) is -4.77. The van der Waals surface area contributed by atoms with Gasteiger partial charge in [-0.15, -0.1) is 0 Å². The molecule has 146 valence electrons. The first-order valence-electron chi connectivity index (χ1n) is 7.08. The van der Waals surface area contributed by atoms with Crippen molar-refractivity contribution in [3.05, 3.63) is 48.2 Å². The number of anilines is 1. The van der Waals surface area contributed by atoms with Gasteiger partial charge in [-0.3, -0.25) is 4.79 Å². The minimum Gasteiger partial charge on any atom is -0.468 e. The third-order valence-electron chi connectivity index (χ3n) is 3.06. The highest BCUT2D eigenvalue weighted by atomic mass is 32.2. The van der Waals surface area contributed by atoms with Gasteiger partial charge in [0.15, 0.2) is 6.61 Å². The Labute approximate surface area is 149 Å². The normalized spacial score (nSPS) is 12.1. The Kier molecular flexibility index (Phi) is 5.98. The highest BCUT2D eigenvalue weighted by Gasteiger charge is 2.28. The van der Waals surface area contributed by atoms with Crippen LogP contribution in [0.5, 0.6) is 5.88 Å². The van der Waals surface area contributed by atoms with Crippen molar-refractivity contribution < 1.29 is 39.9 Å². The van der Waals surface area contributed by atoms with Gasteiger partial charge in [-0.1, -0.05) is 0 Å². The van der Waals surface area contributed by atoms with Crippen molar-refractivity contribution in [3.8, 4) is 5.88 Å². The second kappa shape index (κ2) is 7.86. The molecule has 0 saturated carbocycles. The van der Waals surface area contributed by atoms with Crippen LogP contribution in [-0.4, -0.2) is 37.8 Å². The number of carbonyl (C=O) groups excluding carboxylic acids is 1. The zero-order chi connectivity index (χ0) is 20.2. The monoisotopic (exact) mass is 410 g/mol. The third-order valence-corrected chi connectivity index (χ3v) is 4.46. The van der Waals surface area contributed by atoms with Gasteiger partial charge in [0.1, 0.15) is 0 Å². The summed E-state index contributed by atoms with van der Waals surface area (Å²) in [5.74, 6) is -4.59. The number of ether oxygens (including phenoxy) is 1. The molecule has 27 heavy (non-hydrogen) atoms. The second-order valence-corrected chi connectivity index (χ2v) is 6.99. The Morgan fingerprint density at radius 1 is 1.11 bits per heavy atom. The highest BCUT2D eigenvalue weighted by Crippen LogP contribution is 2.20. The molecule has 2 aromatic rings. The number of nitrogens with zero attached hydrogens (tertiary/aromatic N) is 1. The van der Waals surface area contributed by atoms with E-state index in [0.717, 1.165) is 36.5 Å². The molecule has 0 atom stereocenters. The smallest absolute Gasteiger partial charge is 0.422 e. The Bertz CT molecular complexity index is 897. The summed E-state index contributed by atoms with van der Waals surface area (Å²) in [5, 5.41) is 2.36. The van der Waals surface area contributed by atoms with E-state index in [1.165, 1.54) is 6.07 Å². The number of nitrogens with one attached hydrogen (secondary N) is 1. The van der Waals surface area contributed by atoms with Gasteiger partial charge in [-0.2, -0.15) is 22.0 Å². The van der Waals surface area contributed by atoms with Crippen LogP contribution in [-0.2, 0) is 9.84 Å². The van der Waals surface area contributed by atoms with Gasteiger partial charge in [-0.25, -0.2) is 13.4 Å². The maximum atomic E-state index is 12.5. The van der Waals surface area contributed by atoms with Gasteiger partial charge in [0.05, 0.1) is 16.8 Å². The van der Waals surface area contributed by atoms with Gasteiger partial charge < -0.3 is 10.1 Å². The zero-order valence-corrected chi connectivity index (χ0v) is 14.0. The molecule has 0 aliphatic heterocycles. The fourth-order valence-corrected chi connectivity index (χ4v) is 2.52. The molecule has 1 amide bonds. The van der Waals surface area contributed by atoms with Crippen LogP contribution in [0, 0.1) is 0 Å². The van der Waals surface area contributed by atoms with E-state index in [1.54, 1.807) is 0 Å². The number of sulfone groups is 1. The second-order valence-electron chi connectivity index (χ2n) is 5.07. The van der Waals surface area contributed by atoms with Crippen LogP contribution in [0.25, 0.3) is 0 Å².